The van der Waals surface area contributed by atoms with Gasteiger partial charge >= 0.3 is 0 Å². The molecule has 5 rings (SSSR count). The van der Waals surface area contributed by atoms with Crippen LogP contribution in [0, 0.1) is 12.7 Å². The lowest BCUT2D eigenvalue weighted by molar-refractivity contribution is 0.100. The van der Waals surface area contributed by atoms with Crippen molar-refractivity contribution in [2.45, 2.75) is 6.92 Å². The molecule has 2 heterocycles. The molecule has 3 aromatic carbocycles. The highest BCUT2D eigenvalue weighted by Crippen LogP contribution is 2.33. The number of fused-ring (bicyclic) bond motifs is 2. The maximum atomic E-state index is 14.4. The molecule has 0 bridgehead atoms. The molecule has 1 aromatic heterocycles. The summed E-state index contributed by atoms with van der Waals surface area (Å²) in [5.74, 6) is -0.102. The second kappa shape index (κ2) is 7.11. The highest BCUT2D eigenvalue weighted by Gasteiger charge is 2.21. The maximum Gasteiger partial charge on any atom is 0.251 e. The molecule has 0 atom stereocenters. The Kier molecular flexibility index (Phi) is 4.40. The van der Waals surface area contributed by atoms with Gasteiger partial charge in [0.2, 0.25) is 0 Å². The van der Waals surface area contributed by atoms with Gasteiger partial charge in [-0.05, 0) is 31.2 Å². The van der Waals surface area contributed by atoms with Crippen LogP contribution in [0.5, 0.6) is 0 Å². The number of amides is 1. The van der Waals surface area contributed by atoms with Crippen molar-refractivity contribution in [3.63, 3.8) is 0 Å². The number of nitrogens with two attached hydrogens (primary N) is 1. The number of imidazole rings is 1. The first-order chi connectivity index (χ1) is 14.5. The van der Waals surface area contributed by atoms with Crippen LogP contribution in [-0.2, 0) is 4.74 Å². The first kappa shape index (κ1) is 18.6. The number of hydrogen-bond donors (Lipinski definition) is 1. The molecule has 1 aliphatic heterocycles. The van der Waals surface area contributed by atoms with Crippen molar-refractivity contribution in [3.05, 3.63) is 65.7 Å². The quantitative estimate of drug-likeness (QED) is 0.567. The summed E-state index contributed by atoms with van der Waals surface area (Å²) in [5, 5.41) is 1.31. The van der Waals surface area contributed by atoms with Gasteiger partial charge in [0.05, 0.1) is 30.0 Å². The van der Waals surface area contributed by atoms with Crippen molar-refractivity contribution in [1.82, 2.24) is 9.55 Å². The van der Waals surface area contributed by atoms with Crippen LogP contribution in [0.25, 0.3) is 27.5 Å². The predicted molar refractivity (Wildman–Crippen MR) is 115 cm³/mol. The summed E-state index contributed by atoms with van der Waals surface area (Å²) in [4.78, 5) is 19.1. The molecular formula is C23H21FN4O2. The summed E-state index contributed by atoms with van der Waals surface area (Å²) in [6.07, 6.45) is 0. The summed E-state index contributed by atoms with van der Waals surface area (Å²) in [5.41, 5.74) is 9.10. The lowest BCUT2D eigenvalue weighted by Gasteiger charge is -2.29. The minimum Gasteiger partial charge on any atom is -0.378 e. The van der Waals surface area contributed by atoms with E-state index in [-0.39, 0.29) is 5.82 Å². The van der Waals surface area contributed by atoms with Gasteiger partial charge in [-0.15, -0.1) is 0 Å². The van der Waals surface area contributed by atoms with E-state index in [4.69, 9.17) is 10.5 Å². The summed E-state index contributed by atoms with van der Waals surface area (Å²) in [6.45, 7) is 4.60. The van der Waals surface area contributed by atoms with Gasteiger partial charge in [0.25, 0.3) is 5.91 Å². The van der Waals surface area contributed by atoms with Crippen molar-refractivity contribution < 1.29 is 13.9 Å². The zero-order valence-electron chi connectivity index (χ0n) is 16.6. The van der Waals surface area contributed by atoms with Crippen LogP contribution in [0.2, 0.25) is 0 Å². The molecule has 152 valence electrons. The van der Waals surface area contributed by atoms with E-state index in [1.807, 2.05) is 35.8 Å². The van der Waals surface area contributed by atoms with E-state index >= 15 is 0 Å². The van der Waals surface area contributed by atoms with E-state index in [2.05, 4.69) is 9.88 Å². The van der Waals surface area contributed by atoms with Gasteiger partial charge in [-0.1, -0.05) is 24.3 Å². The Morgan fingerprint density at radius 1 is 1.10 bits per heavy atom. The number of carbonyl (C=O) groups excluding carboxylic acids is 1. The highest BCUT2D eigenvalue weighted by molar-refractivity contribution is 6.06. The largest absolute Gasteiger partial charge is 0.378 e. The summed E-state index contributed by atoms with van der Waals surface area (Å²) < 4.78 is 21.8. The molecule has 1 aliphatic rings. The molecule has 0 saturated carbocycles. The van der Waals surface area contributed by atoms with Gasteiger partial charge in [0.1, 0.15) is 17.2 Å². The first-order valence-electron chi connectivity index (χ1n) is 9.88. The van der Waals surface area contributed by atoms with Crippen LogP contribution in [0.15, 0.2) is 48.5 Å². The van der Waals surface area contributed by atoms with E-state index in [1.165, 1.54) is 6.07 Å². The molecule has 6 nitrogen and oxygen atoms in total. The Labute approximate surface area is 172 Å². The number of rotatable bonds is 3. The topological polar surface area (TPSA) is 73.4 Å². The Hall–Kier alpha value is -3.45. The van der Waals surface area contributed by atoms with Crippen LogP contribution >= 0.6 is 0 Å². The van der Waals surface area contributed by atoms with Crippen molar-refractivity contribution >= 4 is 33.4 Å². The molecule has 0 spiro atoms. The van der Waals surface area contributed by atoms with Gasteiger partial charge in [0, 0.05) is 29.5 Å². The van der Waals surface area contributed by atoms with Crippen LogP contribution < -0.4 is 10.6 Å². The Bertz CT molecular complexity index is 1290. The molecule has 2 N–H and O–H groups in total. The number of aryl methyl sites for hydroxylation is 1. The number of nitrogens with zero attached hydrogens (tertiary/aromatic N) is 3. The number of carbonyl (C=O) groups is 1. The average molecular weight is 404 g/mol. The van der Waals surface area contributed by atoms with Gasteiger partial charge in [-0.25, -0.2) is 9.37 Å². The minimum atomic E-state index is -0.524. The second-order valence-electron chi connectivity index (χ2n) is 7.43. The molecule has 0 unspecified atom stereocenters. The molecule has 0 aliphatic carbocycles. The zero-order chi connectivity index (χ0) is 20.8. The third kappa shape index (κ3) is 2.90. The third-order valence-corrected chi connectivity index (χ3v) is 5.64. The number of anilines is 1. The second-order valence-corrected chi connectivity index (χ2v) is 7.43. The number of primary amides is 1. The van der Waals surface area contributed by atoms with Crippen LogP contribution in [0.1, 0.15) is 16.2 Å². The fourth-order valence-electron chi connectivity index (χ4n) is 4.22. The van der Waals surface area contributed by atoms with Gasteiger partial charge in [-0.3, -0.25) is 9.36 Å². The summed E-state index contributed by atoms with van der Waals surface area (Å²) in [7, 11) is 0. The van der Waals surface area contributed by atoms with Crippen molar-refractivity contribution in [2.75, 3.05) is 31.2 Å². The van der Waals surface area contributed by atoms with Gasteiger partial charge in [-0.2, -0.15) is 0 Å². The van der Waals surface area contributed by atoms with Crippen LogP contribution in [0.3, 0.4) is 0 Å². The third-order valence-electron chi connectivity index (χ3n) is 5.64. The average Bonchev–Trinajstić information content (AvgIpc) is 3.09. The molecule has 4 aromatic rings. The van der Waals surface area contributed by atoms with Gasteiger partial charge in [0.15, 0.2) is 0 Å². The Morgan fingerprint density at radius 3 is 2.57 bits per heavy atom. The SMILES string of the molecule is Cc1nc2c(C(N)=O)cc(N3CCOCC3)cc2n1-c1ccc(F)c2ccccc12. The van der Waals surface area contributed by atoms with Crippen molar-refractivity contribution in [2.24, 2.45) is 5.73 Å². The van der Waals surface area contributed by atoms with Crippen molar-refractivity contribution in [3.8, 4) is 5.69 Å². The van der Waals surface area contributed by atoms with Crippen molar-refractivity contribution in [1.29, 1.82) is 0 Å². The number of hydrogen-bond acceptors (Lipinski definition) is 4. The smallest absolute Gasteiger partial charge is 0.251 e. The molecule has 1 amide bonds. The molecule has 30 heavy (non-hydrogen) atoms. The number of halogens is 1. The molecule has 0 radical (unpaired) electrons. The number of morpholine rings is 1. The van der Waals surface area contributed by atoms with Crippen LogP contribution in [-0.4, -0.2) is 41.8 Å². The number of benzene rings is 3. The lowest BCUT2D eigenvalue weighted by atomic mass is 10.1. The lowest BCUT2D eigenvalue weighted by Crippen LogP contribution is -2.36. The fourth-order valence-corrected chi connectivity index (χ4v) is 4.22. The van der Waals surface area contributed by atoms with E-state index in [9.17, 15) is 9.18 Å². The molecule has 1 fully saturated rings. The first-order valence-corrected chi connectivity index (χ1v) is 9.88. The number of ether oxygens (including phenoxy) is 1. The predicted octanol–water partition coefficient (Wildman–Crippen LogP) is 3.56. The van der Waals surface area contributed by atoms with E-state index < -0.39 is 5.91 Å². The molecule has 7 heteroatoms. The van der Waals surface area contributed by atoms with Gasteiger partial charge < -0.3 is 15.4 Å². The minimum absolute atomic E-state index is 0.275. The standard InChI is InChI=1S/C23H21FN4O2/c1-14-26-22-18(23(25)29)12-15(27-8-10-30-11-9-27)13-21(22)28(14)20-7-6-19(24)16-4-2-3-5-17(16)20/h2-7,12-13H,8-11H2,1H3,(H2,25,29). The fraction of sp³-hybridized carbons (Fsp3) is 0.217. The monoisotopic (exact) mass is 404 g/mol. The maximum absolute atomic E-state index is 14.4. The normalized spacial score (nSPS) is 14.5. The van der Waals surface area contributed by atoms with E-state index in [0.717, 1.165) is 35.4 Å². The summed E-state index contributed by atoms with van der Waals surface area (Å²) in [6, 6.07) is 14.4. The van der Waals surface area contributed by atoms with Crippen LogP contribution in [0.4, 0.5) is 10.1 Å². The van der Waals surface area contributed by atoms with E-state index in [0.29, 0.717) is 35.5 Å². The molecule has 1 saturated heterocycles. The zero-order valence-corrected chi connectivity index (χ0v) is 16.6. The highest BCUT2D eigenvalue weighted by atomic mass is 19.1. The Balaban J connectivity index is 1.81. The number of aromatic nitrogens is 2. The molecular weight excluding hydrogens is 383 g/mol. The Morgan fingerprint density at radius 2 is 1.83 bits per heavy atom. The summed E-state index contributed by atoms with van der Waals surface area (Å²) >= 11 is 0. The van der Waals surface area contributed by atoms with E-state index in [1.54, 1.807) is 18.2 Å².